The van der Waals surface area contributed by atoms with Gasteiger partial charge in [-0.1, -0.05) is 30.3 Å². The average Bonchev–Trinajstić information content (AvgIpc) is 3.34. The second-order valence-corrected chi connectivity index (χ2v) is 10.9. The number of hydrogen-bond acceptors (Lipinski definition) is 8. The molecule has 1 saturated heterocycles. The summed E-state index contributed by atoms with van der Waals surface area (Å²) in [6.45, 7) is 2.45. The van der Waals surface area contributed by atoms with Crippen molar-refractivity contribution in [3.63, 3.8) is 0 Å². The maximum atomic E-state index is 14.3. The minimum absolute atomic E-state index is 0.00949. The van der Waals surface area contributed by atoms with Gasteiger partial charge < -0.3 is 24.6 Å². The van der Waals surface area contributed by atoms with Gasteiger partial charge in [0.1, 0.15) is 18.3 Å². The lowest BCUT2D eigenvalue weighted by molar-refractivity contribution is -0.139. The highest BCUT2D eigenvalue weighted by atomic mass is 16.5. The summed E-state index contributed by atoms with van der Waals surface area (Å²) in [7, 11) is 1.52. The van der Waals surface area contributed by atoms with Gasteiger partial charge in [0.05, 0.1) is 31.6 Å². The molecule has 1 unspecified atom stereocenters. The van der Waals surface area contributed by atoms with Crippen LogP contribution in [0.25, 0.3) is 0 Å². The molecule has 0 saturated carbocycles. The number of benzene rings is 3. The highest BCUT2D eigenvalue weighted by Gasteiger charge is 2.39. The van der Waals surface area contributed by atoms with Gasteiger partial charge in [-0.2, -0.15) is 0 Å². The standard InChI is InChI=1S/C35H33N5O6/c1-45-28-8-4-7-25(20-28)32(34(43)37-26-11-13-27(14-12-26)38-16-18-46-19-17-38)40(22-24-6-5-15-36-21-24)31(41)23-39-30-10-3-2-9-29(30)33(42)35(39)44/h2-15,20-21,32H,16-19,22-23H2,1H3,(H,37,43). The van der Waals surface area contributed by atoms with Crippen LogP contribution in [0.1, 0.15) is 27.5 Å². The number of fused-ring (bicyclic) bond motifs is 1. The Morgan fingerprint density at radius 2 is 1.76 bits per heavy atom. The first-order chi connectivity index (χ1) is 22.4. The van der Waals surface area contributed by atoms with E-state index in [4.69, 9.17) is 9.47 Å². The van der Waals surface area contributed by atoms with Gasteiger partial charge in [-0.25, -0.2) is 0 Å². The molecule has 2 aliphatic rings. The van der Waals surface area contributed by atoms with Crippen LogP contribution in [-0.4, -0.2) is 73.3 Å². The van der Waals surface area contributed by atoms with E-state index in [-0.39, 0.29) is 12.1 Å². The van der Waals surface area contributed by atoms with Crippen LogP contribution in [0.4, 0.5) is 17.1 Å². The highest BCUT2D eigenvalue weighted by Crippen LogP contribution is 2.32. The van der Waals surface area contributed by atoms with Crippen LogP contribution in [0.5, 0.6) is 5.75 Å². The number of morpholine rings is 1. The Hall–Kier alpha value is -5.55. The first kappa shape index (κ1) is 30.5. The summed E-state index contributed by atoms with van der Waals surface area (Å²) >= 11 is 0. The Morgan fingerprint density at radius 1 is 0.978 bits per heavy atom. The number of Topliss-reactive ketones (excluding diaryl/α,β-unsaturated/α-hetero) is 1. The van der Waals surface area contributed by atoms with E-state index < -0.39 is 36.1 Å². The normalized spacial score (nSPS) is 14.9. The number of nitrogens with zero attached hydrogens (tertiary/aromatic N) is 4. The molecule has 1 fully saturated rings. The molecular weight excluding hydrogens is 586 g/mol. The second-order valence-electron chi connectivity index (χ2n) is 10.9. The zero-order chi connectivity index (χ0) is 32.0. The zero-order valence-electron chi connectivity index (χ0n) is 25.3. The zero-order valence-corrected chi connectivity index (χ0v) is 25.3. The van der Waals surface area contributed by atoms with E-state index in [0.717, 1.165) is 18.8 Å². The molecule has 0 bridgehead atoms. The fraction of sp³-hybridized carbons (Fsp3) is 0.229. The van der Waals surface area contributed by atoms with Gasteiger partial charge in [-0.05, 0) is 65.7 Å². The number of para-hydroxylation sites is 1. The predicted molar refractivity (Wildman–Crippen MR) is 172 cm³/mol. The van der Waals surface area contributed by atoms with E-state index in [0.29, 0.717) is 41.5 Å². The predicted octanol–water partition coefficient (Wildman–Crippen LogP) is 3.86. The van der Waals surface area contributed by atoms with Crippen molar-refractivity contribution in [3.05, 3.63) is 114 Å². The SMILES string of the molecule is COc1cccc(C(C(=O)Nc2ccc(N3CCOCC3)cc2)N(Cc2cccnc2)C(=O)CN2C(=O)C(=O)c3ccccc32)c1. The number of anilines is 3. The Labute approximate surface area is 266 Å². The minimum Gasteiger partial charge on any atom is -0.497 e. The van der Waals surface area contributed by atoms with Gasteiger partial charge in [0.2, 0.25) is 5.91 Å². The van der Waals surface area contributed by atoms with Gasteiger partial charge in [-0.15, -0.1) is 0 Å². The van der Waals surface area contributed by atoms with Crippen molar-refractivity contribution < 1.29 is 28.7 Å². The molecule has 0 aliphatic carbocycles. The first-order valence-electron chi connectivity index (χ1n) is 14.9. The van der Waals surface area contributed by atoms with Gasteiger partial charge in [0.15, 0.2) is 0 Å². The van der Waals surface area contributed by atoms with E-state index in [1.54, 1.807) is 73.1 Å². The highest BCUT2D eigenvalue weighted by molar-refractivity contribution is 6.52. The van der Waals surface area contributed by atoms with Crippen molar-refractivity contribution in [2.45, 2.75) is 12.6 Å². The topological polar surface area (TPSA) is 121 Å². The maximum absolute atomic E-state index is 14.3. The summed E-state index contributed by atoms with van der Waals surface area (Å²) in [6.07, 6.45) is 3.24. The number of aromatic nitrogens is 1. The molecule has 3 amide bonds. The maximum Gasteiger partial charge on any atom is 0.299 e. The van der Waals surface area contributed by atoms with Crippen molar-refractivity contribution >= 4 is 40.6 Å². The number of ketones is 1. The fourth-order valence-corrected chi connectivity index (χ4v) is 5.72. The largest absolute Gasteiger partial charge is 0.497 e. The van der Waals surface area contributed by atoms with Crippen LogP contribution < -0.4 is 19.9 Å². The average molecular weight is 620 g/mol. The molecule has 46 heavy (non-hydrogen) atoms. The van der Waals surface area contributed by atoms with E-state index in [1.807, 2.05) is 24.3 Å². The number of pyridine rings is 1. The van der Waals surface area contributed by atoms with Gasteiger partial charge in [0.25, 0.3) is 17.6 Å². The number of rotatable bonds is 10. The van der Waals surface area contributed by atoms with E-state index in [1.165, 1.54) is 16.9 Å². The molecule has 6 rings (SSSR count). The molecule has 234 valence electrons. The third kappa shape index (κ3) is 6.45. The summed E-state index contributed by atoms with van der Waals surface area (Å²) in [5.41, 5.74) is 3.34. The quantitative estimate of drug-likeness (QED) is 0.266. The Balaban J connectivity index is 1.34. The Bertz CT molecular complexity index is 1740. The molecule has 11 nitrogen and oxygen atoms in total. The monoisotopic (exact) mass is 619 g/mol. The van der Waals surface area contributed by atoms with Crippen LogP contribution in [0, 0.1) is 0 Å². The minimum atomic E-state index is -1.13. The van der Waals surface area contributed by atoms with Crippen LogP contribution >= 0.6 is 0 Å². The number of methoxy groups -OCH3 is 1. The van der Waals surface area contributed by atoms with E-state index in [2.05, 4.69) is 15.2 Å². The molecule has 0 spiro atoms. The molecule has 3 aromatic carbocycles. The van der Waals surface area contributed by atoms with Crippen molar-refractivity contribution in [3.8, 4) is 5.75 Å². The molecule has 2 aliphatic heterocycles. The smallest absolute Gasteiger partial charge is 0.299 e. The summed E-state index contributed by atoms with van der Waals surface area (Å²) in [5, 5.41) is 2.99. The lowest BCUT2D eigenvalue weighted by Gasteiger charge is -2.33. The summed E-state index contributed by atoms with van der Waals surface area (Å²) < 4.78 is 10.9. The molecule has 1 aromatic heterocycles. The number of nitrogens with one attached hydrogen (secondary N) is 1. The number of carbonyl (C=O) groups excluding carboxylic acids is 4. The Kier molecular flexibility index (Phi) is 9.02. The summed E-state index contributed by atoms with van der Waals surface area (Å²) in [6, 6.07) is 23.4. The van der Waals surface area contributed by atoms with Crippen molar-refractivity contribution in [2.75, 3.05) is 55.1 Å². The van der Waals surface area contributed by atoms with E-state index in [9.17, 15) is 19.2 Å². The lowest BCUT2D eigenvalue weighted by Crippen LogP contribution is -2.46. The van der Waals surface area contributed by atoms with Gasteiger partial charge in [0, 0.05) is 43.4 Å². The third-order valence-electron chi connectivity index (χ3n) is 8.05. The molecule has 4 aromatic rings. The number of amides is 3. The molecule has 3 heterocycles. The first-order valence-corrected chi connectivity index (χ1v) is 14.9. The summed E-state index contributed by atoms with van der Waals surface area (Å²) in [4.78, 5) is 63.2. The Morgan fingerprint density at radius 3 is 2.50 bits per heavy atom. The fourth-order valence-electron chi connectivity index (χ4n) is 5.72. The molecule has 1 N–H and O–H groups in total. The van der Waals surface area contributed by atoms with Crippen LogP contribution in [-0.2, 0) is 25.7 Å². The summed E-state index contributed by atoms with van der Waals surface area (Å²) in [5.74, 6) is -1.96. The number of ether oxygens (including phenoxy) is 2. The van der Waals surface area contributed by atoms with E-state index >= 15 is 0 Å². The van der Waals surface area contributed by atoms with Gasteiger partial charge in [-0.3, -0.25) is 29.1 Å². The third-order valence-corrected chi connectivity index (χ3v) is 8.05. The van der Waals surface area contributed by atoms with Gasteiger partial charge >= 0.3 is 0 Å². The number of carbonyl (C=O) groups is 4. The van der Waals surface area contributed by atoms with Crippen molar-refractivity contribution in [1.82, 2.24) is 9.88 Å². The molecule has 11 heteroatoms. The molecular formula is C35H33N5O6. The lowest BCUT2D eigenvalue weighted by atomic mass is 10.0. The molecule has 0 radical (unpaired) electrons. The second kappa shape index (κ2) is 13.6. The molecule has 1 atom stereocenters. The van der Waals surface area contributed by atoms with Crippen molar-refractivity contribution in [1.29, 1.82) is 0 Å². The van der Waals surface area contributed by atoms with Crippen LogP contribution in [0.3, 0.4) is 0 Å². The van der Waals surface area contributed by atoms with Crippen LogP contribution in [0.2, 0.25) is 0 Å². The number of hydrogen-bond donors (Lipinski definition) is 1. The van der Waals surface area contributed by atoms with Crippen LogP contribution in [0.15, 0.2) is 97.3 Å². The van der Waals surface area contributed by atoms with Crippen molar-refractivity contribution in [2.24, 2.45) is 0 Å².